The van der Waals surface area contributed by atoms with Crippen molar-refractivity contribution in [3.05, 3.63) is 40.4 Å². The maximum absolute atomic E-state index is 11.7. The van der Waals surface area contributed by atoms with Crippen LogP contribution in [0.2, 0.25) is 5.02 Å². The number of nitrogen functional groups attached to an aromatic ring is 1. The summed E-state index contributed by atoms with van der Waals surface area (Å²) in [7, 11) is 0. The summed E-state index contributed by atoms with van der Waals surface area (Å²) in [6.07, 6.45) is 0. The molecular formula is C19H15ClN6O2S. The molecule has 0 radical (unpaired) electrons. The fraction of sp³-hybridized carbons (Fsp3) is 0.211. The van der Waals surface area contributed by atoms with E-state index in [0.29, 0.717) is 34.8 Å². The van der Waals surface area contributed by atoms with E-state index < -0.39 is 0 Å². The number of ether oxygens (including phenoxy) is 1. The minimum atomic E-state index is -0.295. The predicted molar refractivity (Wildman–Crippen MR) is 110 cm³/mol. The number of thioether (sulfide) groups is 1. The Labute approximate surface area is 175 Å². The number of nitriles is 1. The number of aromatic nitrogens is 3. The lowest BCUT2D eigenvalue weighted by Gasteiger charge is -2.20. The molecule has 1 aromatic heterocycles. The van der Waals surface area contributed by atoms with Gasteiger partial charge in [0.15, 0.2) is 11.0 Å². The van der Waals surface area contributed by atoms with Gasteiger partial charge in [-0.05, 0) is 28.0 Å². The lowest BCUT2D eigenvalue weighted by atomic mass is 9.94. The van der Waals surface area contributed by atoms with Gasteiger partial charge in [-0.15, -0.1) is 0 Å². The van der Waals surface area contributed by atoms with Gasteiger partial charge >= 0.3 is 0 Å². The van der Waals surface area contributed by atoms with Crippen molar-refractivity contribution in [2.45, 2.75) is 18.4 Å². The molecule has 0 atom stereocenters. The standard InChI is InChI=1S/C19H15ClN6O2S/c20-13-6-11-8-28-7-10-2-1-3-12(15(10)11)16(13)17-24-18(22)26-19(25-17)29-9-14(27)23-5-4-21/h1-3,6H,5,7-9H2,(H,23,27)(H2,22,24,25,26). The van der Waals surface area contributed by atoms with Gasteiger partial charge in [0.05, 0.1) is 30.1 Å². The minimum absolute atomic E-state index is 0.0369. The van der Waals surface area contributed by atoms with Gasteiger partial charge in [-0.25, -0.2) is 4.98 Å². The smallest absolute Gasteiger partial charge is 0.231 e. The van der Waals surface area contributed by atoms with E-state index in [4.69, 9.17) is 27.3 Å². The molecule has 1 aliphatic rings. The molecule has 10 heteroatoms. The summed E-state index contributed by atoms with van der Waals surface area (Å²) in [6, 6.07) is 9.65. The molecule has 0 aliphatic carbocycles. The van der Waals surface area contributed by atoms with E-state index in [9.17, 15) is 4.79 Å². The molecule has 4 rings (SSSR count). The highest BCUT2D eigenvalue weighted by molar-refractivity contribution is 7.99. The van der Waals surface area contributed by atoms with Crippen LogP contribution < -0.4 is 11.1 Å². The number of rotatable bonds is 5. The van der Waals surface area contributed by atoms with Gasteiger partial charge in [0.2, 0.25) is 11.9 Å². The van der Waals surface area contributed by atoms with E-state index in [1.807, 2.05) is 30.3 Å². The molecule has 146 valence electrons. The highest BCUT2D eigenvalue weighted by Gasteiger charge is 2.21. The number of halogens is 1. The molecule has 3 aromatic rings. The lowest BCUT2D eigenvalue weighted by molar-refractivity contribution is -0.118. The third-order valence-electron chi connectivity index (χ3n) is 4.35. The van der Waals surface area contributed by atoms with Gasteiger partial charge in [-0.3, -0.25) is 4.79 Å². The van der Waals surface area contributed by atoms with Crippen LogP contribution in [0.25, 0.3) is 22.2 Å². The van der Waals surface area contributed by atoms with Crippen molar-refractivity contribution in [3.63, 3.8) is 0 Å². The monoisotopic (exact) mass is 426 g/mol. The average molecular weight is 427 g/mol. The Balaban J connectivity index is 1.74. The SMILES string of the molecule is N#CCNC(=O)CSc1nc(N)nc(-c2c(Cl)cc3c4c(cccc24)COC3)n1. The van der Waals surface area contributed by atoms with Gasteiger partial charge in [-0.2, -0.15) is 15.2 Å². The number of nitrogens with one attached hydrogen (secondary N) is 1. The first-order chi connectivity index (χ1) is 14.1. The van der Waals surface area contributed by atoms with Gasteiger partial charge < -0.3 is 15.8 Å². The zero-order chi connectivity index (χ0) is 20.4. The van der Waals surface area contributed by atoms with Gasteiger partial charge in [0.1, 0.15) is 6.54 Å². The van der Waals surface area contributed by atoms with Crippen LogP contribution in [0.15, 0.2) is 29.4 Å². The first-order valence-corrected chi connectivity index (χ1v) is 10.0. The Bertz CT molecular complexity index is 1160. The Morgan fingerprint density at radius 2 is 2.14 bits per heavy atom. The summed E-state index contributed by atoms with van der Waals surface area (Å²) in [5, 5.41) is 13.8. The molecule has 3 N–H and O–H groups in total. The highest BCUT2D eigenvalue weighted by Crippen LogP contribution is 2.39. The van der Waals surface area contributed by atoms with E-state index in [1.54, 1.807) is 0 Å². The van der Waals surface area contributed by atoms with Crippen LogP contribution >= 0.6 is 23.4 Å². The van der Waals surface area contributed by atoms with E-state index in [0.717, 1.165) is 33.7 Å². The number of amides is 1. The summed E-state index contributed by atoms with van der Waals surface area (Å²) in [5.41, 5.74) is 8.65. The zero-order valence-corrected chi connectivity index (χ0v) is 16.7. The second-order valence-corrected chi connectivity index (χ2v) is 7.60. The summed E-state index contributed by atoms with van der Waals surface area (Å²) >= 11 is 7.70. The number of hydrogen-bond donors (Lipinski definition) is 2. The normalized spacial score (nSPS) is 12.6. The van der Waals surface area contributed by atoms with Gasteiger partial charge in [0, 0.05) is 5.56 Å². The molecule has 1 aliphatic heterocycles. The van der Waals surface area contributed by atoms with Crippen molar-refractivity contribution in [1.29, 1.82) is 5.26 Å². The Morgan fingerprint density at radius 3 is 2.97 bits per heavy atom. The molecule has 0 bridgehead atoms. The fourth-order valence-corrected chi connectivity index (χ4v) is 4.20. The molecule has 0 unspecified atom stereocenters. The molecule has 8 nitrogen and oxygen atoms in total. The number of anilines is 1. The van der Waals surface area contributed by atoms with Crippen LogP contribution in [0.1, 0.15) is 11.1 Å². The van der Waals surface area contributed by atoms with Crippen LogP contribution in [-0.2, 0) is 22.7 Å². The second-order valence-electron chi connectivity index (χ2n) is 6.25. The molecule has 0 saturated carbocycles. The van der Waals surface area contributed by atoms with Crippen LogP contribution in [-0.4, -0.2) is 33.2 Å². The second kappa shape index (κ2) is 8.21. The van der Waals surface area contributed by atoms with Crippen molar-refractivity contribution in [2.75, 3.05) is 18.0 Å². The van der Waals surface area contributed by atoms with Crippen molar-refractivity contribution >= 4 is 46.0 Å². The number of nitrogens with two attached hydrogens (primary N) is 1. The number of nitrogens with zero attached hydrogens (tertiary/aromatic N) is 4. The van der Waals surface area contributed by atoms with Crippen LogP contribution in [0.5, 0.6) is 0 Å². The molecule has 29 heavy (non-hydrogen) atoms. The van der Waals surface area contributed by atoms with Crippen LogP contribution in [0, 0.1) is 11.3 Å². The number of carbonyl (C=O) groups is 1. The Hall–Kier alpha value is -2.93. The van der Waals surface area contributed by atoms with Crippen molar-refractivity contribution in [3.8, 4) is 17.5 Å². The highest BCUT2D eigenvalue weighted by atomic mass is 35.5. The average Bonchev–Trinajstić information content (AvgIpc) is 2.70. The van der Waals surface area contributed by atoms with Crippen molar-refractivity contribution < 1.29 is 9.53 Å². The maximum atomic E-state index is 11.7. The third kappa shape index (κ3) is 3.96. The fourth-order valence-electron chi connectivity index (χ4n) is 3.21. The Kier molecular flexibility index (Phi) is 5.49. The predicted octanol–water partition coefficient (Wildman–Crippen LogP) is 2.69. The minimum Gasteiger partial charge on any atom is -0.372 e. The molecule has 0 fully saturated rings. The first-order valence-electron chi connectivity index (χ1n) is 8.66. The molecular weight excluding hydrogens is 412 g/mol. The number of hydrogen-bond acceptors (Lipinski definition) is 8. The maximum Gasteiger partial charge on any atom is 0.231 e. The van der Waals surface area contributed by atoms with E-state index in [2.05, 4.69) is 20.3 Å². The number of carbonyl (C=O) groups excluding carboxylic acids is 1. The van der Waals surface area contributed by atoms with Crippen LogP contribution in [0.4, 0.5) is 5.95 Å². The van der Waals surface area contributed by atoms with Crippen molar-refractivity contribution in [2.24, 2.45) is 0 Å². The molecule has 0 saturated heterocycles. The summed E-state index contributed by atoms with van der Waals surface area (Å²) < 4.78 is 5.63. The largest absolute Gasteiger partial charge is 0.372 e. The first kappa shape index (κ1) is 19.4. The van der Waals surface area contributed by atoms with E-state index in [-0.39, 0.29) is 24.2 Å². The molecule has 1 amide bonds. The van der Waals surface area contributed by atoms with Crippen LogP contribution in [0.3, 0.4) is 0 Å². The summed E-state index contributed by atoms with van der Waals surface area (Å²) in [5.74, 6) is 0.142. The van der Waals surface area contributed by atoms with E-state index in [1.165, 1.54) is 0 Å². The summed E-state index contributed by atoms with van der Waals surface area (Å²) in [4.78, 5) is 24.6. The van der Waals surface area contributed by atoms with Crippen molar-refractivity contribution in [1.82, 2.24) is 20.3 Å². The zero-order valence-electron chi connectivity index (χ0n) is 15.1. The topological polar surface area (TPSA) is 127 Å². The van der Waals surface area contributed by atoms with E-state index >= 15 is 0 Å². The van der Waals surface area contributed by atoms with Gasteiger partial charge in [0.25, 0.3) is 0 Å². The Morgan fingerprint density at radius 1 is 1.31 bits per heavy atom. The molecule has 2 heterocycles. The molecule has 0 spiro atoms. The quantitative estimate of drug-likeness (QED) is 0.471. The lowest BCUT2D eigenvalue weighted by Crippen LogP contribution is -2.25. The number of benzene rings is 2. The summed E-state index contributed by atoms with van der Waals surface area (Å²) in [6.45, 7) is 0.972. The molecule has 2 aromatic carbocycles. The van der Waals surface area contributed by atoms with Gasteiger partial charge in [-0.1, -0.05) is 41.6 Å². The third-order valence-corrected chi connectivity index (χ3v) is 5.49.